The van der Waals surface area contributed by atoms with E-state index in [1.165, 1.54) is 0 Å². The first-order valence-corrected chi connectivity index (χ1v) is 1.45. The molecule has 1 fully saturated rings. The molecule has 6 heavy (non-hydrogen) atoms. The highest BCUT2D eigenvalue weighted by Gasteiger charge is 2.32. The molecule has 1 saturated heterocycles. The molecular formula is C2H3NO3. The van der Waals surface area contributed by atoms with Gasteiger partial charge in [-0.15, -0.1) is 5.06 Å². The zero-order valence-electron chi connectivity index (χ0n) is 2.92. The lowest BCUT2D eigenvalue weighted by atomic mass is 11.1. The summed E-state index contributed by atoms with van der Waals surface area (Å²) < 4.78 is 0. The maximum atomic E-state index is 9.66. The molecular weight excluding hydrogens is 86.0 g/mol. The monoisotopic (exact) mass is 89.0 g/mol. The number of amides is 1. The van der Waals surface area contributed by atoms with Crippen LogP contribution >= 0.6 is 0 Å². The molecule has 0 unspecified atom stereocenters. The fourth-order valence-corrected chi connectivity index (χ4v) is 0.160. The lowest BCUT2D eigenvalue weighted by Gasteiger charge is -1.74. The van der Waals surface area contributed by atoms with Crippen molar-refractivity contribution in [3.63, 3.8) is 0 Å². The normalized spacial score (nSPS) is 17.5. The van der Waals surface area contributed by atoms with E-state index in [4.69, 9.17) is 5.11 Å². The molecule has 0 aromatic heterocycles. The van der Waals surface area contributed by atoms with Gasteiger partial charge in [0.05, 0.1) is 0 Å². The van der Waals surface area contributed by atoms with Gasteiger partial charge in [0, 0.05) is 0 Å². The van der Waals surface area contributed by atoms with Gasteiger partial charge in [-0.25, -0.2) is 4.79 Å². The third-order valence-electron chi connectivity index (χ3n) is 0.488. The molecule has 1 N–H and O–H groups in total. The highest BCUT2D eigenvalue weighted by Crippen LogP contribution is 2.07. The minimum atomic E-state index is -0.461. The van der Waals surface area contributed by atoms with Crippen molar-refractivity contribution < 1.29 is 14.7 Å². The standard InChI is InChI=1S/C2H3NO3/c4-1-3-2(5)6-3/h4H,1H2. The Morgan fingerprint density at radius 1 is 2.00 bits per heavy atom. The van der Waals surface area contributed by atoms with Crippen LogP contribution in [0.5, 0.6) is 0 Å². The minimum Gasteiger partial charge on any atom is -0.373 e. The number of hydroxylamine groups is 2. The van der Waals surface area contributed by atoms with Gasteiger partial charge in [0.2, 0.25) is 0 Å². The largest absolute Gasteiger partial charge is 0.470 e. The van der Waals surface area contributed by atoms with Gasteiger partial charge in [0.1, 0.15) is 0 Å². The van der Waals surface area contributed by atoms with Crippen LogP contribution in [0.4, 0.5) is 4.79 Å². The van der Waals surface area contributed by atoms with Gasteiger partial charge >= 0.3 is 6.09 Å². The molecule has 0 aliphatic carbocycles. The van der Waals surface area contributed by atoms with Crippen molar-refractivity contribution in [1.82, 2.24) is 5.06 Å². The van der Waals surface area contributed by atoms with Crippen molar-refractivity contribution >= 4 is 6.09 Å². The Hall–Kier alpha value is -0.770. The molecule has 1 amide bonds. The number of rotatable bonds is 1. The Balaban J connectivity index is 2.26. The molecule has 34 valence electrons. The van der Waals surface area contributed by atoms with Gasteiger partial charge in [0.15, 0.2) is 6.73 Å². The molecule has 0 spiro atoms. The molecule has 0 aromatic rings. The SMILES string of the molecule is O=C1ON1CO. The van der Waals surface area contributed by atoms with Gasteiger partial charge in [0.25, 0.3) is 0 Å². The van der Waals surface area contributed by atoms with E-state index in [-0.39, 0.29) is 6.73 Å². The molecule has 0 saturated carbocycles. The second-order valence-electron chi connectivity index (χ2n) is 0.877. The summed E-state index contributed by atoms with van der Waals surface area (Å²) in [5.41, 5.74) is 0. The molecule has 4 nitrogen and oxygen atoms in total. The van der Waals surface area contributed by atoms with Crippen LogP contribution in [0, 0.1) is 0 Å². The first-order chi connectivity index (χ1) is 2.84. The van der Waals surface area contributed by atoms with E-state index in [1.807, 2.05) is 0 Å². The number of aliphatic hydroxyl groups excluding tert-OH is 1. The molecule has 4 heteroatoms. The van der Waals surface area contributed by atoms with Gasteiger partial charge in [-0.2, -0.15) is 0 Å². The summed E-state index contributed by atoms with van der Waals surface area (Å²) in [6.07, 6.45) is -0.461. The molecule has 1 aliphatic heterocycles. The minimum absolute atomic E-state index is 0.334. The fourth-order valence-electron chi connectivity index (χ4n) is 0.160. The third-order valence-corrected chi connectivity index (χ3v) is 0.488. The maximum Gasteiger partial charge on any atom is 0.470 e. The second-order valence-corrected chi connectivity index (χ2v) is 0.877. The van der Waals surface area contributed by atoms with Crippen LogP contribution < -0.4 is 0 Å². The molecule has 0 bridgehead atoms. The van der Waals surface area contributed by atoms with Crippen molar-refractivity contribution in [1.29, 1.82) is 0 Å². The number of aliphatic hydroxyl groups is 1. The molecule has 0 radical (unpaired) electrons. The van der Waals surface area contributed by atoms with Crippen molar-refractivity contribution in [2.24, 2.45) is 0 Å². The van der Waals surface area contributed by atoms with Crippen LogP contribution in [0.15, 0.2) is 0 Å². The van der Waals surface area contributed by atoms with Gasteiger partial charge in [-0.1, -0.05) is 0 Å². The average Bonchev–Trinajstić information content (AvgIpc) is 2.19. The van der Waals surface area contributed by atoms with E-state index in [0.717, 1.165) is 5.06 Å². The number of hydrogen-bond acceptors (Lipinski definition) is 3. The van der Waals surface area contributed by atoms with Crippen molar-refractivity contribution in [2.75, 3.05) is 6.73 Å². The summed E-state index contributed by atoms with van der Waals surface area (Å²) in [7, 11) is 0. The van der Waals surface area contributed by atoms with Crippen molar-refractivity contribution in [2.45, 2.75) is 0 Å². The predicted molar refractivity (Wildman–Crippen MR) is 15.4 cm³/mol. The van der Waals surface area contributed by atoms with Crippen LogP contribution in [0.1, 0.15) is 0 Å². The quantitative estimate of drug-likeness (QED) is 0.432. The zero-order valence-corrected chi connectivity index (χ0v) is 2.92. The summed E-state index contributed by atoms with van der Waals surface area (Å²) in [4.78, 5) is 13.7. The van der Waals surface area contributed by atoms with Crippen LogP contribution in [-0.2, 0) is 4.84 Å². The van der Waals surface area contributed by atoms with Crippen LogP contribution in [0.25, 0.3) is 0 Å². The lowest BCUT2D eigenvalue weighted by molar-refractivity contribution is 0.0836. The van der Waals surface area contributed by atoms with Gasteiger partial charge in [-0.05, 0) is 0 Å². The Labute approximate surface area is 33.9 Å². The third kappa shape index (κ3) is 0.307. The molecule has 0 aromatic carbocycles. The van der Waals surface area contributed by atoms with E-state index >= 15 is 0 Å². The Kier molecular flexibility index (Phi) is 0.481. The predicted octanol–water partition coefficient (Wildman–Crippen LogP) is -0.697. The van der Waals surface area contributed by atoms with E-state index in [2.05, 4.69) is 4.84 Å². The fraction of sp³-hybridized carbons (Fsp3) is 0.500. The first-order valence-electron chi connectivity index (χ1n) is 1.45. The van der Waals surface area contributed by atoms with Crippen LogP contribution in [0.2, 0.25) is 0 Å². The van der Waals surface area contributed by atoms with E-state index in [1.54, 1.807) is 0 Å². The van der Waals surface area contributed by atoms with Gasteiger partial charge in [-0.3, -0.25) is 0 Å². The van der Waals surface area contributed by atoms with Gasteiger partial charge < -0.3 is 9.94 Å². The highest BCUT2D eigenvalue weighted by molar-refractivity contribution is 5.76. The summed E-state index contributed by atoms with van der Waals surface area (Å²) in [6.45, 7) is -0.334. The Morgan fingerprint density at radius 3 is 2.50 bits per heavy atom. The Bertz CT molecular complexity index is 80.9. The first kappa shape index (κ1) is 3.42. The summed E-state index contributed by atoms with van der Waals surface area (Å²) >= 11 is 0. The highest BCUT2D eigenvalue weighted by atomic mass is 16.9. The number of carbonyl (C=O) groups excluding carboxylic acids is 1. The second kappa shape index (κ2) is 0.844. The van der Waals surface area contributed by atoms with Crippen molar-refractivity contribution in [3.8, 4) is 0 Å². The van der Waals surface area contributed by atoms with Crippen LogP contribution in [-0.4, -0.2) is 23.0 Å². The van der Waals surface area contributed by atoms with E-state index < -0.39 is 6.09 Å². The molecule has 0 atom stereocenters. The van der Waals surface area contributed by atoms with Crippen molar-refractivity contribution in [3.05, 3.63) is 0 Å². The Morgan fingerprint density at radius 2 is 2.50 bits per heavy atom. The topological polar surface area (TPSA) is 52.8 Å². The summed E-state index contributed by atoms with van der Waals surface area (Å²) in [5.74, 6) is 0. The summed E-state index contributed by atoms with van der Waals surface area (Å²) in [6, 6.07) is 0. The summed E-state index contributed by atoms with van der Waals surface area (Å²) in [5, 5.41) is 8.79. The van der Waals surface area contributed by atoms with E-state index in [9.17, 15) is 4.79 Å². The number of hydrogen-bond donors (Lipinski definition) is 1. The lowest BCUT2D eigenvalue weighted by Crippen LogP contribution is -1.95. The van der Waals surface area contributed by atoms with E-state index in [0.29, 0.717) is 0 Å². The maximum absolute atomic E-state index is 9.66. The molecule has 1 aliphatic rings. The van der Waals surface area contributed by atoms with Crippen LogP contribution in [0.3, 0.4) is 0 Å². The average molecular weight is 89.0 g/mol. The smallest absolute Gasteiger partial charge is 0.373 e. The molecule has 1 rings (SSSR count). The molecule has 1 heterocycles. The zero-order chi connectivity index (χ0) is 4.57. The number of nitrogens with zero attached hydrogens (tertiary/aromatic N) is 1. The number of carbonyl (C=O) groups is 1.